The Morgan fingerprint density at radius 3 is 2.06 bits per heavy atom. The Kier molecular flexibility index (Phi) is 5.48. The Balaban J connectivity index is 1.84. The maximum absolute atomic E-state index is 13.0. The normalized spacial score (nSPS) is 11.2. The van der Waals surface area contributed by atoms with Crippen LogP contribution >= 0.6 is 0 Å². The van der Waals surface area contributed by atoms with E-state index in [0.717, 1.165) is 28.2 Å². The molecule has 6 heteroatoms. The minimum absolute atomic E-state index is 0.334. The van der Waals surface area contributed by atoms with Crippen LogP contribution < -0.4 is 10.3 Å². The van der Waals surface area contributed by atoms with Gasteiger partial charge in [0.15, 0.2) is 0 Å². The van der Waals surface area contributed by atoms with E-state index >= 15 is 0 Å². The number of aromatic nitrogens is 4. The van der Waals surface area contributed by atoms with Crippen LogP contribution in [-0.2, 0) is 6.54 Å². The molecule has 0 aliphatic heterocycles. The van der Waals surface area contributed by atoms with E-state index in [0.29, 0.717) is 24.0 Å². The van der Waals surface area contributed by atoms with Gasteiger partial charge in [-0.15, -0.1) is 0 Å². The van der Waals surface area contributed by atoms with Gasteiger partial charge in [-0.1, -0.05) is 92.7 Å². The van der Waals surface area contributed by atoms with Crippen molar-refractivity contribution in [2.45, 2.75) is 20.4 Å². The lowest BCUT2D eigenvalue weighted by atomic mass is 10.0. The zero-order valence-corrected chi connectivity index (χ0v) is 18.6. The number of imidazole rings is 1. The van der Waals surface area contributed by atoms with E-state index in [9.17, 15) is 4.79 Å². The Labute approximate surface area is 191 Å². The largest absolute Gasteiger partial charge is 0.439 e. The maximum atomic E-state index is 13.0. The van der Waals surface area contributed by atoms with Crippen molar-refractivity contribution in [3.63, 3.8) is 0 Å². The predicted octanol–water partition coefficient (Wildman–Crippen LogP) is 5.10. The standard InChI is InChI=1S/C27H24N4O2/c1-19(2)18-30-24(21-14-8-4-9-15-21)23(20-12-6-3-7-13-20)28-26(30)25-27(32)33-29-31(25)22-16-10-5-11-17-22/h3-17,19H,18H2,1-2H3/p+1. The molecule has 5 rings (SSSR count). The molecule has 0 spiro atoms. The fourth-order valence-corrected chi connectivity index (χ4v) is 4.09. The van der Waals surface area contributed by atoms with Crippen LogP contribution in [0.3, 0.4) is 0 Å². The fourth-order valence-electron chi connectivity index (χ4n) is 4.09. The van der Waals surface area contributed by atoms with Gasteiger partial charge in [-0.25, -0.2) is 9.78 Å². The molecule has 2 aromatic heterocycles. The molecule has 0 aliphatic carbocycles. The highest BCUT2D eigenvalue weighted by Crippen LogP contribution is 2.35. The van der Waals surface area contributed by atoms with Gasteiger partial charge in [0.1, 0.15) is 0 Å². The summed E-state index contributed by atoms with van der Waals surface area (Å²) in [6.07, 6.45) is 0. The highest BCUT2D eigenvalue weighted by atomic mass is 16.5. The number of hydrogen-bond donors (Lipinski definition) is 1. The highest BCUT2D eigenvalue weighted by molar-refractivity contribution is 5.81. The summed E-state index contributed by atoms with van der Waals surface area (Å²) in [6.45, 7) is 5.01. The maximum Gasteiger partial charge on any atom is 0.439 e. The second kappa shape index (κ2) is 8.74. The number of aromatic amines is 1. The van der Waals surface area contributed by atoms with E-state index < -0.39 is 5.63 Å². The number of rotatable bonds is 6. The van der Waals surface area contributed by atoms with Gasteiger partial charge >= 0.3 is 11.3 Å². The smallest absolute Gasteiger partial charge is 0.318 e. The van der Waals surface area contributed by atoms with Crippen molar-refractivity contribution < 1.29 is 9.20 Å². The molecule has 0 unspecified atom stereocenters. The van der Waals surface area contributed by atoms with E-state index in [1.807, 2.05) is 78.9 Å². The third-order valence-electron chi connectivity index (χ3n) is 5.48. The summed E-state index contributed by atoms with van der Waals surface area (Å²) < 4.78 is 9.05. The zero-order chi connectivity index (χ0) is 22.8. The quantitative estimate of drug-likeness (QED) is 0.376. The van der Waals surface area contributed by atoms with Gasteiger partial charge < -0.3 is 4.57 Å². The summed E-state index contributed by atoms with van der Waals surface area (Å²) in [5.41, 5.74) is 4.53. The molecule has 3 aromatic carbocycles. The molecule has 0 saturated heterocycles. The van der Waals surface area contributed by atoms with Gasteiger partial charge in [-0.3, -0.25) is 4.52 Å². The van der Waals surface area contributed by atoms with Crippen molar-refractivity contribution in [2.75, 3.05) is 0 Å². The second-order valence-corrected chi connectivity index (χ2v) is 8.37. The lowest BCUT2D eigenvalue weighted by Gasteiger charge is -2.14. The van der Waals surface area contributed by atoms with Crippen LogP contribution in [0.15, 0.2) is 100 Å². The fraction of sp³-hybridized carbons (Fsp3) is 0.148. The van der Waals surface area contributed by atoms with Crippen LogP contribution in [0.5, 0.6) is 0 Å². The number of H-pyrrole nitrogens is 1. The van der Waals surface area contributed by atoms with Crippen LogP contribution in [0, 0.1) is 5.92 Å². The summed E-state index contributed by atoms with van der Waals surface area (Å²) in [5.74, 6) is 0.903. The molecule has 1 N–H and O–H groups in total. The summed E-state index contributed by atoms with van der Waals surface area (Å²) in [7, 11) is 0. The van der Waals surface area contributed by atoms with E-state index in [1.165, 1.54) is 0 Å². The van der Waals surface area contributed by atoms with Crippen molar-refractivity contribution in [3.05, 3.63) is 101 Å². The number of nitrogens with one attached hydrogen (secondary N) is 1. The average Bonchev–Trinajstić information content (AvgIpc) is 3.40. The van der Waals surface area contributed by atoms with Gasteiger partial charge in [0.2, 0.25) is 11.5 Å². The average molecular weight is 438 g/mol. The minimum atomic E-state index is -0.465. The molecule has 2 heterocycles. The SMILES string of the molecule is CC(C)Cn1c(-c2c(=O)o[nH][n+]2-c2ccccc2)nc(-c2ccccc2)c1-c1ccccc1. The van der Waals surface area contributed by atoms with E-state index in [-0.39, 0.29) is 0 Å². The van der Waals surface area contributed by atoms with Crippen molar-refractivity contribution >= 4 is 0 Å². The molecule has 0 aliphatic rings. The molecule has 0 amide bonds. The van der Waals surface area contributed by atoms with Crippen LogP contribution in [-0.4, -0.2) is 14.8 Å². The summed E-state index contributed by atoms with van der Waals surface area (Å²) in [6, 6.07) is 29.9. The number of para-hydroxylation sites is 1. The Morgan fingerprint density at radius 1 is 0.879 bits per heavy atom. The zero-order valence-electron chi connectivity index (χ0n) is 18.6. The van der Waals surface area contributed by atoms with Crippen LogP contribution in [0.25, 0.3) is 39.7 Å². The Hall–Kier alpha value is -4.19. The monoisotopic (exact) mass is 437 g/mol. The lowest BCUT2D eigenvalue weighted by Crippen LogP contribution is -2.37. The summed E-state index contributed by atoms with van der Waals surface area (Å²) >= 11 is 0. The third kappa shape index (κ3) is 3.91. The molecule has 0 fully saturated rings. The minimum Gasteiger partial charge on any atom is -0.318 e. The topological polar surface area (TPSA) is 67.7 Å². The van der Waals surface area contributed by atoms with Crippen molar-refractivity contribution in [2.24, 2.45) is 5.92 Å². The van der Waals surface area contributed by atoms with Crippen LogP contribution in [0.1, 0.15) is 13.8 Å². The molecule has 0 bridgehead atoms. The molecule has 164 valence electrons. The predicted molar refractivity (Wildman–Crippen MR) is 128 cm³/mol. The molecular formula is C27H25N4O2+. The first kappa shape index (κ1) is 20.7. The Morgan fingerprint density at radius 2 is 1.45 bits per heavy atom. The molecule has 0 atom stereocenters. The lowest BCUT2D eigenvalue weighted by molar-refractivity contribution is -0.660. The van der Waals surface area contributed by atoms with Crippen molar-refractivity contribution in [3.8, 4) is 39.7 Å². The Bertz CT molecular complexity index is 1420. The third-order valence-corrected chi connectivity index (χ3v) is 5.48. The van der Waals surface area contributed by atoms with Gasteiger partial charge in [0.05, 0.1) is 11.4 Å². The van der Waals surface area contributed by atoms with Crippen LogP contribution in [0.2, 0.25) is 0 Å². The molecule has 33 heavy (non-hydrogen) atoms. The van der Waals surface area contributed by atoms with E-state index in [2.05, 4.69) is 35.8 Å². The number of nitrogens with zero attached hydrogens (tertiary/aromatic N) is 3. The van der Waals surface area contributed by atoms with E-state index in [1.54, 1.807) is 4.68 Å². The van der Waals surface area contributed by atoms with Gasteiger partial charge in [-0.05, 0) is 15.9 Å². The molecule has 6 nitrogen and oxygen atoms in total. The van der Waals surface area contributed by atoms with Gasteiger partial charge in [-0.2, -0.15) is 0 Å². The number of hydrogen-bond acceptors (Lipinski definition) is 3. The van der Waals surface area contributed by atoms with Crippen molar-refractivity contribution in [1.29, 1.82) is 0 Å². The highest BCUT2D eigenvalue weighted by Gasteiger charge is 2.33. The first-order valence-corrected chi connectivity index (χ1v) is 11.0. The van der Waals surface area contributed by atoms with Gasteiger partial charge in [0, 0.05) is 29.8 Å². The first-order valence-electron chi connectivity index (χ1n) is 11.0. The molecule has 0 saturated carbocycles. The summed E-state index contributed by atoms with van der Waals surface area (Å²) in [4.78, 5) is 18.0. The summed E-state index contributed by atoms with van der Waals surface area (Å²) in [5, 5.41) is 2.75. The molecule has 0 radical (unpaired) electrons. The molecular weight excluding hydrogens is 412 g/mol. The van der Waals surface area contributed by atoms with Crippen LogP contribution in [0.4, 0.5) is 0 Å². The first-order chi connectivity index (χ1) is 16.1. The van der Waals surface area contributed by atoms with E-state index in [4.69, 9.17) is 9.51 Å². The number of benzene rings is 3. The van der Waals surface area contributed by atoms with Gasteiger partial charge in [0.25, 0.3) is 0 Å². The molecule has 5 aromatic rings. The second-order valence-electron chi connectivity index (χ2n) is 8.37. The van der Waals surface area contributed by atoms with Crippen molar-refractivity contribution in [1.82, 2.24) is 14.8 Å².